The number of hydrogen-bond donors (Lipinski definition) is 1. The number of fused-ring (bicyclic) bond motifs is 1. The third-order valence-electron chi connectivity index (χ3n) is 5.83. The van der Waals surface area contributed by atoms with Gasteiger partial charge >= 0.3 is 5.97 Å². The van der Waals surface area contributed by atoms with Crippen LogP contribution in [0.4, 0.5) is 4.39 Å². The van der Waals surface area contributed by atoms with Gasteiger partial charge in [-0.15, -0.1) is 0 Å². The second-order valence-electron chi connectivity index (χ2n) is 8.10. The van der Waals surface area contributed by atoms with E-state index in [1.807, 2.05) is 29.2 Å². The fourth-order valence-corrected chi connectivity index (χ4v) is 4.04. The van der Waals surface area contributed by atoms with E-state index in [4.69, 9.17) is 9.52 Å². The number of ketones is 1. The summed E-state index contributed by atoms with van der Waals surface area (Å²) >= 11 is 0. The molecule has 0 saturated carbocycles. The predicted molar refractivity (Wildman–Crippen MR) is 118 cm³/mol. The molecule has 0 amide bonds. The summed E-state index contributed by atoms with van der Waals surface area (Å²) in [6.07, 6.45) is 0. The average Bonchev–Trinajstić information content (AvgIpc) is 3.18. The van der Waals surface area contributed by atoms with Crippen molar-refractivity contribution in [2.75, 3.05) is 13.1 Å². The molecule has 0 aliphatic carbocycles. The predicted octanol–water partition coefficient (Wildman–Crippen LogP) is 4.99. The molecule has 1 saturated heterocycles. The van der Waals surface area contributed by atoms with Crippen LogP contribution >= 0.6 is 0 Å². The fraction of sp³-hybridized carbons (Fsp3) is 0.154. The molecule has 32 heavy (non-hydrogen) atoms. The molecule has 1 aliphatic rings. The minimum absolute atomic E-state index is 0.0816. The number of nitrogens with zero attached hydrogens (tertiary/aromatic N) is 1. The van der Waals surface area contributed by atoms with Gasteiger partial charge in [0.25, 0.3) is 0 Å². The Balaban J connectivity index is 1.36. The summed E-state index contributed by atoms with van der Waals surface area (Å²) in [5.41, 5.74) is 2.85. The van der Waals surface area contributed by atoms with Gasteiger partial charge < -0.3 is 9.52 Å². The summed E-state index contributed by atoms with van der Waals surface area (Å²) in [4.78, 5) is 25.6. The highest BCUT2D eigenvalue weighted by Gasteiger charge is 2.32. The molecule has 1 aliphatic heterocycles. The molecule has 2 heterocycles. The molecule has 1 aromatic heterocycles. The first-order valence-corrected chi connectivity index (χ1v) is 10.4. The highest BCUT2D eigenvalue weighted by molar-refractivity contribution is 6.10. The van der Waals surface area contributed by atoms with Crippen LogP contribution in [0.25, 0.3) is 22.3 Å². The normalized spacial score (nSPS) is 14.4. The van der Waals surface area contributed by atoms with Crippen molar-refractivity contribution in [3.8, 4) is 11.3 Å². The highest BCUT2D eigenvalue weighted by atomic mass is 19.1. The summed E-state index contributed by atoms with van der Waals surface area (Å²) in [7, 11) is 0. The van der Waals surface area contributed by atoms with Gasteiger partial charge in [0.05, 0.1) is 11.5 Å². The van der Waals surface area contributed by atoms with E-state index in [2.05, 4.69) is 0 Å². The lowest BCUT2D eigenvalue weighted by Crippen LogP contribution is -2.49. The molecule has 3 aromatic carbocycles. The summed E-state index contributed by atoms with van der Waals surface area (Å²) in [6.45, 7) is 1.46. The quantitative estimate of drug-likeness (QED) is 0.438. The van der Waals surface area contributed by atoms with E-state index in [9.17, 15) is 14.0 Å². The minimum Gasteiger partial charge on any atom is -0.481 e. The molecule has 5 rings (SSSR count). The minimum atomic E-state index is -0.790. The number of likely N-dealkylation sites (tertiary alicyclic amines) is 1. The van der Waals surface area contributed by atoms with Crippen molar-refractivity contribution in [3.05, 3.63) is 95.3 Å². The summed E-state index contributed by atoms with van der Waals surface area (Å²) in [6, 6.07) is 20.9. The van der Waals surface area contributed by atoms with Crippen molar-refractivity contribution >= 4 is 22.7 Å². The molecule has 0 bridgehead atoms. The Labute approximate surface area is 183 Å². The molecule has 4 aromatic rings. The Hall–Kier alpha value is -3.77. The van der Waals surface area contributed by atoms with Gasteiger partial charge in [-0.3, -0.25) is 14.5 Å². The number of carboxylic acid groups (broad SMARTS) is 1. The van der Waals surface area contributed by atoms with Crippen LogP contribution in [0.15, 0.2) is 77.2 Å². The van der Waals surface area contributed by atoms with Gasteiger partial charge in [-0.25, -0.2) is 4.39 Å². The molecule has 0 unspecified atom stereocenters. The van der Waals surface area contributed by atoms with Crippen molar-refractivity contribution < 1.29 is 23.5 Å². The Morgan fingerprint density at radius 1 is 0.969 bits per heavy atom. The van der Waals surface area contributed by atoms with Gasteiger partial charge in [-0.05, 0) is 42.0 Å². The lowest BCUT2D eigenvalue weighted by Gasteiger charge is -2.36. The van der Waals surface area contributed by atoms with Crippen molar-refractivity contribution in [2.45, 2.75) is 6.54 Å². The lowest BCUT2D eigenvalue weighted by atomic mass is 9.99. The molecule has 0 atom stereocenters. The molecule has 0 spiro atoms. The van der Waals surface area contributed by atoms with Gasteiger partial charge in [0.2, 0.25) is 0 Å². The third-order valence-corrected chi connectivity index (χ3v) is 5.83. The maximum absolute atomic E-state index is 14.8. The zero-order chi connectivity index (χ0) is 22.2. The number of benzene rings is 3. The molecule has 160 valence electrons. The molecular weight excluding hydrogens is 409 g/mol. The molecule has 0 radical (unpaired) electrons. The molecule has 1 fully saturated rings. The largest absolute Gasteiger partial charge is 0.481 e. The van der Waals surface area contributed by atoms with Crippen LogP contribution in [0.1, 0.15) is 21.5 Å². The number of carboxylic acids is 1. The number of halogens is 1. The van der Waals surface area contributed by atoms with Crippen LogP contribution in [0.3, 0.4) is 0 Å². The first kappa shape index (κ1) is 20.2. The SMILES string of the molecule is O=C(c1ccccc1)c1ccc2oc(-c3ccc(CN4CC(C(=O)O)C4)cc3F)cc2c1. The van der Waals surface area contributed by atoms with Crippen LogP contribution in [-0.2, 0) is 11.3 Å². The zero-order valence-electron chi connectivity index (χ0n) is 17.1. The zero-order valence-corrected chi connectivity index (χ0v) is 17.1. The first-order chi connectivity index (χ1) is 15.5. The highest BCUT2D eigenvalue weighted by Crippen LogP contribution is 2.31. The average molecular weight is 429 g/mol. The summed E-state index contributed by atoms with van der Waals surface area (Å²) < 4.78 is 20.7. The summed E-state index contributed by atoms with van der Waals surface area (Å²) in [5.74, 6) is -1.22. The van der Waals surface area contributed by atoms with Crippen LogP contribution in [0.2, 0.25) is 0 Å². The van der Waals surface area contributed by atoms with Crippen molar-refractivity contribution in [1.82, 2.24) is 4.90 Å². The van der Waals surface area contributed by atoms with E-state index in [0.29, 0.717) is 47.7 Å². The van der Waals surface area contributed by atoms with Gasteiger partial charge in [0, 0.05) is 36.1 Å². The number of aliphatic carboxylic acids is 1. The molecule has 5 nitrogen and oxygen atoms in total. The van der Waals surface area contributed by atoms with E-state index in [0.717, 1.165) is 10.9 Å². The van der Waals surface area contributed by atoms with Gasteiger partial charge in [-0.1, -0.05) is 36.4 Å². The van der Waals surface area contributed by atoms with E-state index in [1.165, 1.54) is 6.07 Å². The summed E-state index contributed by atoms with van der Waals surface area (Å²) in [5, 5.41) is 9.70. The Morgan fingerprint density at radius 2 is 1.75 bits per heavy atom. The van der Waals surface area contributed by atoms with Crippen LogP contribution in [0.5, 0.6) is 0 Å². The first-order valence-electron chi connectivity index (χ1n) is 10.4. The maximum Gasteiger partial charge on any atom is 0.309 e. The van der Waals surface area contributed by atoms with E-state index in [-0.39, 0.29) is 11.7 Å². The third kappa shape index (κ3) is 3.81. The van der Waals surface area contributed by atoms with Gasteiger partial charge in [0.1, 0.15) is 17.2 Å². The number of hydrogen-bond acceptors (Lipinski definition) is 4. The number of rotatable bonds is 6. The maximum atomic E-state index is 14.8. The standard InChI is InChI=1S/C26H20FNO4/c27-22-10-16(13-28-14-20(15-28)26(30)31)6-8-21(22)24-12-19-11-18(7-9-23(19)32-24)25(29)17-4-2-1-3-5-17/h1-12,20H,13-15H2,(H,30,31). The van der Waals surface area contributed by atoms with Gasteiger partial charge in [0.15, 0.2) is 5.78 Å². The molecular formula is C26H20FNO4. The lowest BCUT2D eigenvalue weighted by molar-refractivity contribution is -0.147. The van der Waals surface area contributed by atoms with Crippen molar-refractivity contribution in [1.29, 1.82) is 0 Å². The van der Waals surface area contributed by atoms with E-state index in [1.54, 1.807) is 42.5 Å². The number of carbonyl (C=O) groups is 2. The monoisotopic (exact) mass is 429 g/mol. The smallest absolute Gasteiger partial charge is 0.309 e. The van der Waals surface area contributed by atoms with Gasteiger partial charge in [-0.2, -0.15) is 0 Å². The second-order valence-corrected chi connectivity index (χ2v) is 8.10. The van der Waals surface area contributed by atoms with Crippen molar-refractivity contribution in [2.24, 2.45) is 5.92 Å². The molecule has 1 N–H and O–H groups in total. The Kier molecular flexibility index (Phi) is 5.07. The van der Waals surface area contributed by atoms with E-state index < -0.39 is 11.8 Å². The number of carbonyl (C=O) groups excluding carboxylic acids is 1. The Bertz CT molecular complexity index is 1320. The van der Waals surface area contributed by atoms with Crippen molar-refractivity contribution in [3.63, 3.8) is 0 Å². The van der Waals surface area contributed by atoms with Crippen LogP contribution in [0, 0.1) is 11.7 Å². The molecule has 6 heteroatoms. The second kappa shape index (κ2) is 8.05. The van der Waals surface area contributed by atoms with Crippen LogP contribution in [-0.4, -0.2) is 34.8 Å². The van der Waals surface area contributed by atoms with E-state index >= 15 is 0 Å². The number of furan rings is 1. The van der Waals surface area contributed by atoms with Crippen LogP contribution < -0.4 is 0 Å². The Morgan fingerprint density at radius 3 is 2.47 bits per heavy atom. The topological polar surface area (TPSA) is 70.8 Å². The fourth-order valence-electron chi connectivity index (χ4n) is 4.04.